The molecule has 1 aromatic heterocycles. The zero-order valence-corrected chi connectivity index (χ0v) is 12.6. The van der Waals surface area contributed by atoms with Crippen molar-refractivity contribution in [3.05, 3.63) is 48.3 Å². The quantitative estimate of drug-likeness (QED) is 0.892. The number of rotatable bonds is 5. The van der Waals surface area contributed by atoms with Gasteiger partial charge in [0, 0.05) is 38.6 Å². The van der Waals surface area contributed by atoms with Crippen LogP contribution in [-0.4, -0.2) is 58.9 Å². The number of carboxylic acid groups (broad SMARTS) is 1. The molecule has 0 saturated carbocycles. The van der Waals surface area contributed by atoms with Crippen molar-refractivity contribution in [3.8, 4) is 5.75 Å². The maximum absolute atomic E-state index is 10.9. The second-order valence-corrected chi connectivity index (χ2v) is 5.26. The molecule has 0 spiro atoms. The van der Waals surface area contributed by atoms with Gasteiger partial charge in [-0.15, -0.1) is 0 Å². The van der Waals surface area contributed by atoms with E-state index in [-0.39, 0.29) is 5.56 Å². The van der Waals surface area contributed by atoms with Crippen LogP contribution in [0.3, 0.4) is 0 Å². The Morgan fingerprint density at radius 3 is 2.57 bits per heavy atom. The molecule has 0 amide bonds. The van der Waals surface area contributed by atoms with Gasteiger partial charge >= 0.3 is 5.97 Å². The SMILES string of the molecule is O=C(O)c1cccc(OCN2CCN(c3ncccn3)CC2)c1. The number of aromatic carboxylic acids is 1. The Kier molecular flexibility index (Phi) is 4.68. The maximum Gasteiger partial charge on any atom is 0.335 e. The number of hydrogen-bond acceptors (Lipinski definition) is 6. The Morgan fingerprint density at radius 2 is 1.87 bits per heavy atom. The first kappa shape index (κ1) is 15.2. The van der Waals surface area contributed by atoms with E-state index in [2.05, 4.69) is 19.8 Å². The summed E-state index contributed by atoms with van der Waals surface area (Å²) in [7, 11) is 0. The number of nitrogens with zero attached hydrogens (tertiary/aromatic N) is 4. The van der Waals surface area contributed by atoms with Gasteiger partial charge in [0.05, 0.1) is 5.56 Å². The number of benzene rings is 1. The smallest absolute Gasteiger partial charge is 0.335 e. The third-order valence-corrected chi connectivity index (χ3v) is 3.70. The third-order valence-electron chi connectivity index (χ3n) is 3.70. The summed E-state index contributed by atoms with van der Waals surface area (Å²) in [5.74, 6) is 0.368. The van der Waals surface area contributed by atoms with Gasteiger partial charge in [-0.1, -0.05) is 6.07 Å². The van der Waals surface area contributed by atoms with Gasteiger partial charge in [0.25, 0.3) is 0 Å². The molecule has 1 fully saturated rings. The van der Waals surface area contributed by atoms with Crippen LogP contribution in [0.1, 0.15) is 10.4 Å². The van der Waals surface area contributed by atoms with Crippen molar-refractivity contribution in [2.75, 3.05) is 37.8 Å². The van der Waals surface area contributed by atoms with Gasteiger partial charge < -0.3 is 14.7 Å². The second-order valence-electron chi connectivity index (χ2n) is 5.26. The molecule has 1 aliphatic heterocycles. The van der Waals surface area contributed by atoms with E-state index in [1.807, 2.05) is 0 Å². The molecule has 2 heterocycles. The second kappa shape index (κ2) is 7.06. The zero-order valence-electron chi connectivity index (χ0n) is 12.6. The average molecular weight is 314 g/mol. The molecule has 0 atom stereocenters. The molecule has 1 N–H and O–H groups in total. The lowest BCUT2D eigenvalue weighted by molar-refractivity contribution is 0.0695. The van der Waals surface area contributed by atoms with Crippen molar-refractivity contribution in [2.24, 2.45) is 0 Å². The van der Waals surface area contributed by atoms with Gasteiger partial charge in [0.15, 0.2) is 0 Å². The van der Waals surface area contributed by atoms with Crippen LogP contribution in [0, 0.1) is 0 Å². The molecule has 1 aliphatic rings. The van der Waals surface area contributed by atoms with Crippen molar-refractivity contribution < 1.29 is 14.6 Å². The topological polar surface area (TPSA) is 78.8 Å². The van der Waals surface area contributed by atoms with Crippen molar-refractivity contribution in [1.82, 2.24) is 14.9 Å². The highest BCUT2D eigenvalue weighted by Crippen LogP contribution is 2.15. The fourth-order valence-corrected chi connectivity index (χ4v) is 2.42. The number of anilines is 1. The lowest BCUT2D eigenvalue weighted by Crippen LogP contribution is -2.48. The highest BCUT2D eigenvalue weighted by Gasteiger charge is 2.18. The Hall–Kier alpha value is -2.67. The van der Waals surface area contributed by atoms with Crippen LogP contribution in [0.5, 0.6) is 5.75 Å². The van der Waals surface area contributed by atoms with Crippen molar-refractivity contribution in [1.29, 1.82) is 0 Å². The molecule has 120 valence electrons. The summed E-state index contributed by atoms with van der Waals surface area (Å²) >= 11 is 0. The summed E-state index contributed by atoms with van der Waals surface area (Å²) in [6, 6.07) is 8.34. The number of carbonyl (C=O) groups is 1. The fourth-order valence-electron chi connectivity index (χ4n) is 2.42. The van der Waals surface area contributed by atoms with Gasteiger partial charge in [-0.05, 0) is 24.3 Å². The molecule has 2 aromatic rings. The van der Waals surface area contributed by atoms with Crippen LogP contribution >= 0.6 is 0 Å². The lowest BCUT2D eigenvalue weighted by atomic mass is 10.2. The van der Waals surface area contributed by atoms with Crippen LogP contribution in [0.25, 0.3) is 0 Å². The minimum atomic E-state index is -0.952. The number of ether oxygens (including phenoxy) is 1. The summed E-state index contributed by atoms with van der Waals surface area (Å²) in [6.45, 7) is 3.80. The highest BCUT2D eigenvalue weighted by molar-refractivity contribution is 5.87. The van der Waals surface area contributed by atoms with Crippen LogP contribution in [0.15, 0.2) is 42.7 Å². The Labute approximate surface area is 134 Å². The number of hydrogen-bond donors (Lipinski definition) is 1. The fraction of sp³-hybridized carbons (Fsp3) is 0.312. The lowest BCUT2D eigenvalue weighted by Gasteiger charge is -2.34. The van der Waals surface area contributed by atoms with E-state index < -0.39 is 5.97 Å². The average Bonchev–Trinajstić information content (AvgIpc) is 2.61. The largest absolute Gasteiger partial charge is 0.478 e. The molecule has 3 rings (SSSR count). The molecule has 0 unspecified atom stereocenters. The molecular weight excluding hydrogens is 296 g/mol. The molecule has 0 radical (unpaired) electrons. The molecule has 7 nitrogen and oxygen atoms in total. The summed E-state index contributed by atoms with van der Waals surface area (Å²) in [6.07, 6.45) is 3.49. The molecule has 7 heteroatoms. The number of aromatic nitrogens is 2. The van der Waals surface area contributed by atoms with Crippen molar-refractivity contribution in [3.63, 3.8) is 0 Å². The molecule has 1 saturated heterocycles. The molecular formula is C16H18N4O3. The first-order chi connectivity index (χ1) is 11.2. The van der Waals surface area contributed by atoms with E-state index in [4.69, 9.17) is 9.84 Å². The van der Waals surface area contributed by atoms with E-state index >= 15 is 0 Å². The summed E-state index contributed by atoms with van der Waals surface area (Å²) < 4.78 is 5.69. The van der Waals surface area contributed by atoms with Crippen molar-refractivity contribution >= 4 is 11.9 Å². The summed E-state index contributed by atoms with van der Waals surface area (Å²) in [5.41, 5.74) is 0.230. The monoisotopic (exact) mass is 314 g/mol. The first-order valence-electron chi connectivity index (χ1n) is 7.43. The summed E-state index contributed by atoms with van der Waals surface area (Å²) in [4.78, 5) is 23.8. The summed E-state index contributed by atoms with van der Waals surface area (Å²) in [5, 5.41) is 8.98. The maximum atomic E-state index is 10.9. The van der Waals surface area contributed by atoms with E-state index in [0.29, 0.717) is 12.5 Å². The van der Waals surface area contributed by atoms with E-state index in [9.17, 15) is 4.79 Å². The Bertz CT molecular complexity index is 657. The van der Waals surface area contributed by atoms with Crippen LogP contribution in [0.4, 0.5) is 5.95 Å². The van der Waals surface area contributed by atoms with Gasteiger partial charge in [0.1, 0.15) is 12.5 Å². The normalized spacial score (nSPS) is 15.4. The van der Waals surface area contributed by atoms with Crippen LogP contribution in [-0.2, 0) is 0 Å². The predicted molar refractivity (Wildman–Crippen MR) is 84.7 cm³/mol. The van der Waals surface area contributed by atoms with Gasteiger partial charge in [-0.25, -0.2) is 14.8 Å². The number of carboxylic acids is 1. The molecule has 0 aliphatic carbocycles. The Balaban J connectivity index is 1.49. The van der Waals surface area contributed by atoms with Gasteiger partial charge in [0.2, 0.25) is 5.95 Å². The molecule has 1 aromatic carbocycles. The molecule has 0 bridgehead atoms. The van der Waals surface area contributed by atoms with E-state index in [0.717, 1.165) is 32.1 Å². The molecule has 23 heavy (non-hydrogen) atoms. The van der Waals surface area contributed by atoms with Crippen LogP contribution in [0.2, 0.25) is 0 Å². The number of piperazine rings is 1. The Morgan fingerprint density at radius 1 is 1.13 bits per heavy atom. The standard InChI is InChI=1S/C16H18N4O3/c21-15(22)13-3-1-4-14(11-13)23-12-19-7-9-20(10-8-19)16-17-5-2-6-18-16/h1-6,11H,7-10,12H2,(H,21,22). The minimum Gasteiger partial charge on any atom is -0.478 e. The van der Waals surface area contributed by atoms with Gasteiger partial charge in [-0.3, -0.25) is 4.90 Å². The van der Waals surface area contributed by atoms with E-state index in [1.54, 1.807) is 36.7 Å². The minimum absolute atomic E-state index is 0.230. The third kappa shape index (κ3) is 3.95. The first-order valence-corrected chi connectivity index (χ1v) is 7.43. The van der Waals surface area contributed by atoms with Crippen molar-refractivity contribution in [2.45, 2.75) is 0 Å². The zero-order chi connectivity index (χ0) is 16.1. The predicted octanol–water partition coefficient (Wildman–Crippen LogP) is 1.33. The highest BCUT2D eigenvalue weighted by atomic mass is 16.5. The van der Waals surface area contributed by atoms with Crippen LogP contribution < -0.4 is 9.64 Å². The van der Waals surface area contributed by atoms with Gasteiger partial charge in [-0.2, -0.15) is 0 Å². The van der Waals surface area contributed by atoms with E-state index in [1.165, 1.54) is 6.07 Å².